The first-order valence-corrected chi connectivity index (χ1v) is 7.11. The quantitative estimate of drug-likeness (QED) is 0.734. The number of aryl methyl sites for hydroxylation is 1. The van der Waals surface area contributed by atoms with Crippen molar-refractivity contribution in [1.29, 1.82) is 0 Å². The molecule has 0 radical (unpaired) electrons. The highest BCUT2D eigenvalue weighted by molar-refractivity contribution is 5.47. The van der Waals surface area contributed by atoms with Gasteiger partial charge in [-0.3, -0.25) is 0 Å². The Morgan fingerprint density at radius 3 is 2.16 bits per heavy atom. The van der Waals surface area contributed by atoms with Gasteiger partial charge in [0.25, 0.3) is 0 Å². The van der Waals surface area contributed by atoms with Crippen LogP contribution in [0.5, 0.6) is 11.5 Å². The van der Waals surface area contributed by atoms with E-state index in [1.807, 2.05) is 6.92 Å². The third kappa shape index (κ3) is 4.75. The van der Waals surface area contributed by atoms with Crippen molar-refractivity contribution in [2.75, 3.05) is 14.2 Å². The molecule has 0 saturated carbocycles. The summed E-state index contributed by atoms with van der Waals surface area (Å²) < 4.78 is 11.0. The van der Waals surface area contributed by atoms with E-state index < -0.39 is 0 Å². The topological polar surface area (TPSA) is 44.5 Å². The molecule has 108 valence electrons. The molecule has 0 aromatic heterocycles. The fourth-order valence-corrected chi connectivity index (χ4v) is 2.29. The first-order valence-electron chi connectivity index (χ1n) is 7.11. The Bertz CT molecular complexity index is 389. The normalized spacial score (nSPS) is 12.3. The lowest BCUT2D eigenvalue weighted by molar-refractivity contribution is 0.393. The summed E-state index contributed by atoms with van der Waals surface area (Å²) in [5.74, 6) is 1.87. The van der Waals surface area contributed by atoms with Gasteiger partial charge in [-0.15, -0.1) is 0 Å². The van der Waals surface area contributed by atoms with Crippen molar-refractivity contribution < 1.29 is 9.47 Å². The first-order chi connectivity index (χ1) is 9.12. The highest BCUT2D eigenvalue weighted by atomic mass is 16.5. The van der Waals surface area contributed by atoms with Gasteiger partial charge in [0.2, 0.25) is 0 Å². The Balaban J connectivity index is 2.97. The number of unbranched alkanes of at least 4 members (excludes halogenated alkanes) is 2. The van der Waals surface area contributed by atoms with Gasteiger partial charge in [-0.1, -0.05) is 19.8 Å². The Labute approximate surface area is 117 Å². The smallest absolute Gasteiger partial charge is 0.122 e. The van der Waals surface area contributed by atoms with Crippen LogP contribution in [-0.2, 0) is 12.8 Å². The minimum atomic E-state index is 0.115. The molecule has 0 spiro atoms. The number of hydrogen-bond acceptors (Lipinski definition) is 3. The highest BCUT2D eigenvalue weighted by Crippen LogP contribution is 2.30. The fraction of sp³-hybridized carbons (Fsp3) is 0.625. The molecule has 2 N–H and O–H groups in total. The lowest BCUT2D eigenvalue weighted by Gasteiger charge is -2.16. The third-order valence-electron chi connectivity index (χ3n) is 3.28. The zero-order valence-corrected chi connectivity index (χ0v) is 12.7. The van der Waals surface area contributed by atoms with E-state index in [-0.39, 0.29) is 6.04 Å². The molecule has 0 fully saturated rings. The van der Waals surface area contributed by atoms with Crippen LogP contribution in [0.15, 0.2) is 12.1 Å². The number of ether oxygens (including phenoxy) is 2. The number of rotatable bonds is 8. The minimum absolute atomic E-state index is 0.115. The molecule has 3 nitrogen and oxygen atoms in total. The lowest BCUT2D eigenvalue weighted by Crippen LogP contribution is -2.18. The number of nitrogens with two attached hydrogens (primary N) is 1. The van der Waals surface area contributed by atoms with Gasteiger partial charge in [0.05, 0.1) is 14.2 Å². The monoisotopic (exact) mass is 266 g/mol. The average Bonchev–Trinajstić information content (AvgIpc) is 2.39. The minimum Gasteiger partial charge on any atom is -0.496 e. The molecule has 0 bridgehead atoms. The van der Waals surface area contributed by atoms with E-state index in [0.29, 0.717) is 0 Å². The van der Waals surface area contributed by atoms with Crippen LogP contribution in [0.2, 0.25) is 0 Å². The molecule has 1 rings (SSSR count). The molecule has 0 heterocycles. The molecular formula is C16H27NO2. The van der Waals surface area contributed by atoms with E-state index in [4.69, 9.17) is 15.2 Å². The van der Waals surface area contributed by atoms with Crippen molar-refractivity contribution in [2.24, 2.45) is 5.73 Å². The molecular weight excluding hydrogens is 239 g/mol. The number of benzene rings is 1. The molecule has 19 heavy (non-hydrogen) atoms. The van der Waals surface area contributed by atoms with Crippen LogP contribution in [-0.4, -0.2) is 20.3 Å². The van der Waals surface area contributed by atoms with Crippen LogP contribution in [0.1, 0.15) is 44.2 Å². The molecule has 0 aliphatic carbocycles. The summed E-state index contributed by atoms with van der Waals surface area (Å²) >= 11 is 0. The maximum atomic E-state index is 5.88. The Hall–Kier alpha value is -1.22. The van der Waals surface area contributed by atoms with E-state index in [1.165, 1.54) is 24.8 Å². The second-order valence-corrected chi connectivity index (χ2v) is 5.11. The molecule has 0 aliphatic heterocycles. The Morgan fingerprint density at radius 1 is 1.05 bits per heavy atom. The summed E-state index contributed by atoms with van der Waals surface area (Å²) in [5, 5.41) is 0. The van der Waals surface area contributed by atoms with Crippen LogP contribution < -0.4 is 15.2 Å². The average molecular weight is 266 g/mol. The van der Waals surface area contributed by atoms with E-state index in [9.17, 15) is 0 Å². The molecule has 0 amide bonds. The lowest BCUT2D eigenvalue weighted by atomic mass is 10.0. The summed E-state index contributed by atoms with van der Waals surface area (Å²) in [5.41, 5.74) is 8.22. The summed E-state index contributed by atoms with van der Waals surface area (Å²) in [7, 11) is 3.43. The summed E-state index contributed by atoms with van der Waals surface area (Å²) in [4.78, 5) is 0. The highest BCUT2D eigenvalue weighted by Gasteiger charge is 2.12. The van der Waals surface area contributed by atoms with E-state index in [2.05, 4.69) is 19.1 Å². The van der Waals surface area contributed by atoms with Gasteiger partial charge >= 0.3 is 0 Å². The van der Waals surface area contributed by atoms with Gasteiger partial charge in [-0.2, -0.15) is 0 Å². The molecule has 3 heteroatoms. The first kappa shape index (κ1) is 15.8. The fourth-order valence-electron chi connectivity index (χ4n) is 2.29. The molecule has 1 aromatic rings. The van der Waals surface area contributed by atoms with Crippen molar-refractivity contribution >= 4 is 0 Å². The van der Waals surface area contributed by atoms with Crippen molar-refractivity contribution in [1.82, 2.24) is 0 Å². The maximum absolute atomic E-state index is 5.88. The van der Waals surface area contributed by atoms with Gasteiger partial charge in [0.15, 0.2) is 0 Å². The van der Waals surface area contributed by atoms with Gasteiger partial charge in [-0.25, -0.2) is 0 Å². The second-order valence-electron chi connectivity index (χ2n) is 5.11. The van der Waals surface area contributed by atoms with Crippen LogP contribution in [0, 0.1) is 0 Å². The van der Waals surface area contributed by atoms with Gasteiger partial charge in [-0.05, 0) is 49.4 Å². The summed E-state index contributed by atoms with van der Waals surface area (Å²) in [6.07, 6.45) is 5.48. The van der Waals surface area contributed by atoms with E-state index >= 15 is 0 Å². The predicted molar refractivity (Wildman–Crippen MR) is 80.1 cm³/mol. The van der Waals surface area contributed by atoms with Crippen molar-refractivity contribution in [3.63, 3.8) is 0 Å². The molecule has 1 atom stereocenters. The summed E-state index contributed by atoms with van der Waals surface area (Å²) in [6, 6.07) is 4.29. The van der Waals surface area contributed by atoms with Crippen LogP contribution >= 0.6 is 0 Å². The zero-order chi connectivity index (χ0) is 14.3. The van der Waals surface area contributed by atoms with Crippen LogP contribution in [0.4, 0.5) is 0 Å². The third-order valence-corrected chi connectivity index (χ3v) is 3.28. The van der Waals surface area contributed by atoms with E-state index in [1.54, 1.807) is 14.2 Å². The molecule has 1 aromatic carbocycles. The molecule has 0 aliphatic rings. The van der Waals surface area contributed by atoms with Gasteiger partial charge in [0, 0.05) is 6.04 Å². The summed E-state index contributed by atoms with van der Waals surface area (Å²) in [6.45, 7) is 4.21. The second kappa shape index (κ2) is 8.05. The van der Waals surface area contributed by atoms with Gasteiger partial charge < -0.3 is 15.2 Å². The Kier molecular flexibility index (Phi) is 6.71. The number of methoxy groups -OCH3 is 2. The Morgan fingerprint density at radius 2 is 1.63 bits per heavy atom. The van der Waals surface area contributed by atoms with Crippen molar-refractivity contribution in [2.45, 2.75) is 52.0 Å². The van der Waals surface area contributed by atoms with E-state index in [0.717, 1.165) is 29.9 Å². The SMILES string of the molecule is CCCCCc1cc(OC)c(CC(C)N)[13cH]c1OC. The zero-order valence-electron chi connectivity index (χ0n) is 12.7. The largest absolute Gasteiger partial charge is 0.496 e. The van der Waals surface area contributed by atoms with Crippen molar-refractivity contribution in [3.8, 4) is 11.5 Å². The van der Waals surface area contributed by atoms with Crippen LogP contribution in [0.3, 0.4) is 0 Å². The van der Waals surface area contributed by atoms with Crippen LogP contribution in [0.25, 0.3) is 0 Å². The molecule has 0 saturated heterocycles. The standard InChI is InChI=1S/C16H27NO2/c1-5-6-7-8-13-10-16(19-4)14(9-12(2)17)11-15(13)18-3/h10-12H,5-9,17H2,1-4H3/i11+1. The maximum Gasteiger partial charge on any atom is 0.122 e. The van der Waals surface area contributed by atoms with Crippen molar-refractivity contribution in [3.05, 3.63) is 23.3 Å². The van der Waals surface area contributed by atoms with Gasteiger partial charge in [0.1, 0.15) is 11.5 Å². The number of hydrogen-bond donors (Lipinski definition) is 1. The molecule has 1 unspecified atom stereocenters. The predicted octanol–water partition coefficient (Wildman–Crippen LogP) is 3.33.